The van der Waals surface area contributed by atoms with Crippen molar-refractivity contribution < 1.29 is 9.66 Å². The molecule has 0 fully saturated rings. The zero-order valence-corrected chi connectivity index (χ0v) is 14.2. The summed E-state index contributed by atoms with van der Waals surface area (Å²) in [6.07, 6.45) is 1.38. The predicted octanol–water partition coefficient (Wildman–Crippen LogP) is 3.78. The fourth-order valence-corrected chi connectivity index (χ4v) is 2.31. The molecule has 2 aromatic rings. The van der Waals surface area contributed by atoms with E-state index in [0.717, 1.165) is 11.3 Å². The van der Waals surface area contributed by atoms with Crippen molar-refractivity contribution in [1.29, 1.82) is 5.26 Å². The van der Waals surface area contributed by atoms with Gasteiger partial charge in [-0.25, -0.2) is 0 Å². The Hall–Kier alpha value is -3.33. The summed E-state index contributed by atoms with van der Waals surface area (Å²) in [5.74, 6) is 0.778. The second-order valence-electron chi connectivity index (χ2n) is 5.55. The van der Waals surface area contributed by atoms with E-state index in [1.165, 1.54) is 18.2 Å². The maximum Gasteiger partial charge on any atom is 0.270 e. The van der Waals surface area contributed by atoms with Crippen LogP contribution in [0.15, 0.2) is 54.6 Å². The molecule has 25 heavy (non-hydrogen) atoms. The number of rotatable bonds is 7. The molecule has 0 amide bonds. The molecule has 2 rings (SSSR count). The smallest absolute Gasteiger partial charge is 0.270 e. The van der Waals surface area contributed by atoms with Crippen LogP contribution in [0.5, 0.6) is 5.75 Å². The Morgan fingerprint density at radius 3 is 2.68 bits per heavy atom. The first-order valence-electron chi connectivity index (χ1n) is 7.76. The molecule has 0 saturated heterocycles. The minimum absolute atomic E-state index is 0.00866. The maximum absolute atomic E-state index is 10.9. The minimum atomic E-state index is -0.450. The Kier molecular flexibility index (Phi) is 6.13. The molecule has 0 aliphatic rings. The molecule has 0 radical (unpaired) electrons. The molecule has 0 aliphatic carbocycles. The molecule has 128 valence electrons. The van der Waals surface area contributed by atoms with Crippen molar-refractivity contribution in [2.45, 2.75) is 6.92 Å². The van der Waals surface area contributed by atoms with Crippen molar-refractivity contribution in [1.82, 2.24) is 4.90 Å². The monoisotopic (exact) mass is 337 g/mol. The lowest BCUT2D eigenvalue weighted by molar-refractivity contribution is -0.384. The van der Waals surface area contributed by atoms with Gasteiger partial charge >= 0.3 is 0 Å². The van der Waals surface area contributed by atoms with Gasteiger partial charge in [0.25, 0.3) is 5.69 Å². The van der Waals surface area contributed by atoms with Crippen molar-refractivity contribution in [3.8, 4) is 11.8 Å². The van der Waals surface area contributed by atoms with Crippen LogP contribution < -0.4 is 4.74 Å². The number of nitriles is 1. The van der Waals surface area contributed by atoms with E-state index in [1.807, 2.05) is 49.2 Å². The third-order valence-electron chi connectivity index (χ3n) is 3.68. The number of hydrogen-bond donors (Lipinski definition) is 0. The molecular weight excluding hydrogens is 318 g/mol. The summed E-state index contributed by atoms with van der Waals surface area (Å²) in [7, 11) is 1.82. The first-order chi connectivity index (χ1) is 12.0. The average molecular weight is 337 g/mol. The molecular formula is C19H19N3O3. The normalized spacial score (nSPS) is 10.8. The van der Waals surface area contributed by atoms with Crippen molar-refractivity contribution in [3.05, 3.63) is 75.8 Å². The van der Waals surface area contributed by atoms with E-state index < -0.39 is 4.92 Å². The van der Waals surface area contributed by atoms with Gasteiger partial charge in [0.2, 0.25) is 0 Å². The summed E-state index contributed by atoms with van der Waals surface area (Å²) in [5.41, 5.74) is 2.38. The molecule has 6 heteroatoms. The number of non-ortho nitro benzene ring substituents is 1. The number of aryl methyl sites for hydroxylation is 1. The number of nitro groups is 1. The minimum Gasteiger partial charge on any atom is -0.492 e. The number of nitrogens with zero attached hydrogens (tertiary/aromatic N) is 3. The molecule has 0 spiro atoms. The second-order valence-corrected chi connectivity index (χ2v) is 5.55. The Morgan fingerprint density at radius 1 is 1.32 bits per heavy atom. The van der Waals surface area contributed by atoms with Crippen molar-refractivity contribution >= 4 is 11.4 Å². The summed E-state index contributed by atoms with van der Waals surface area (Å²) in [5, 5.41) is 20.0. The van der Waals surface area contributed by atoms with Crippen LogP contribution in [0, 0.1) is 28.4 Å². The summed E-state index contributed by atoms with van der Waals surface area (Å²) < 4.78 is 5.70. The third-order valence-corrected chi connectivity index (χ3v) is 3.68. The molecule has 0 aromatic heterocycles. The van der Waals surface area contributed by atoms with Gasteiger partial charge < -0.3 is 9.64 Å². The van der Waals surface area contributed by atoms with Gasteiger partial charge in [-0.2, -0.15) is 5.26 Å². The van der Waals surface area contributed by atoms with Crippen LogP contribution in [0.3, 0.4) is 0 Å². The van der Waals surface area contributed by atoms with Gasteiger partial charge in [-0.15, -0.1) is 0 Å². The van der Waals surface area contributed by atoms with Crippen LogP contribution in [-0.4, -0.2) is 30.0 Å². The van der Waals surface area contributed by atoms with Crippen LogP contribution in [0.2, 0.25) is 0 Å². The summed E-state index contributed by atoms with van der Waals surface area (Å²) in [6.45, 7) is 2.97. The lowest BCUT2D eigenvalue weighted by Gasteiger charge is -2.22. The summed E-state index contributed by atoms with van der Waals surface area (Å²) >= 11 is 0. The third kappa shape index (κ3) is 5.08. The summed E-state index contributed by atoms with van der Waals surface area (Å²) in [4.78, 5) is 12.3. The Morgan fingerprint density at radius 2 is 2.04 bits per heavy atom. The second kappa shape index (κ2) is 8.50. The molecule has 0 bridgehead atoms. The largest absolute Gasteiger partial charge is 0.492 e. The molecule has 0 heterocycles. The number of benzene rings is 2. The number of hydrogen-bond acceptors (Lipinski definition) is 5. The molecule has 0 N–H and O–H groups in total. The molecule has 0 aliphatic heterocycles. The highest BCUT2D eigenvalue weighted by Crippen LogP contribution is 2.22. The SMILES string of the molecule is Cc1ccc(OCCN(C)/C(=C\C#N)c2cccc([N+](=O)[O-])c2)cc1. The van der Waals surface area contributed by atoms with E-state index in [-0.39, 0.29) is 5.69 Å². The Labute approximate surface area is 146 Å². The van der Waals surface area contributed by atoms with Crippen molar-refractivity contribution in [3.63, 3.8) is 0 Å². The van der Waals surface area contributed by atoms with Gasteiger partial charge in [-0.1, -0.05) is 29.8 Å². The van der Waals surface area contributed by atoms with Gasteiger partial charge in [0, 0.05) is 30.8 Å². The van der Waals surface area contributed by atoms with Crippen LogP contribution in [0.25, 0.3) is 5.70 Å². The van der Waals surface area contributed by atoms with Crippen LogP contribution in [0.1, 0.15) is 11.1 Å². The van der Waals surface area contributed by atoms with Crippen molar-refractivity contribution in [2.24, 2.45) is 0 Å². The Bertz CT molecular complexity index is 807. The topological polar surface area (TPSA) is 79.4 Å². The average Bonchev–Trinajstić information content (AvgIpc) is 2.61. The zero-order valence-electron chi connectivity index (χ0n) is 14.2. The highest BCUT2D eigenvalue weighted by molar-refractivity contribution is 5.67. The van der Waals surface area contributed by atoms with E-state index in [1.54, 1.807) is 12.1 Å². The molecule has 0 unspecified atom stereocenters. The van der Waals surface area contributed by atoms with E-state index in [2.05, 4.69) is 0 Å². The summed E-state index contributed by atoms with van der Waals surface area (Å²) in [6, 6.07) is 16.0. The number of ether oxygens (including phenoxy) is 1. The predicted molar refractivity (Wildman–Crippen MR) is 96.0 cm³/mol. The zero-order chi connectivity index (χ0) is 18.2. The standard InChI is InChI=1S/C19H19N3O3/c1-15-6-8-18(9-7-15)25-13-12-21(2)19(10-11-20)16-4-3-5-17(14-16)22(23)24/h3-10,14H,12-13H2,1-2H3/b19-10-. The van der Waals surface area contributed by atoms with Gasteiger partial charge in [0.05, 0.1) is 23.2 Å². The van der Waals surface area contributed by atoms with Crippen LogP contribution >= 0.6 is 0 Å². The first kappa shape index (κ1) is 18.0. The van der Waals surface area contributed by atoms with E-state index in [4.69, 9.17) is 10.00 Å². The van der Waals surface area contributed by atoms with Crippen LogP contribution in [-0.2, 0) is 0 Å². The molecule has 6 nitrogen and oxygen atoms in total. The van der Waals surface area contributed by atoms with Crippen molar-refractivity contribution in [2.75, 3.05) is 20.2 Å². The number of likely N-dealkylation sites (N-methyl/N-ethyl adjacent to an activating group) is 1. The fraction of sp³-hybridized carbons (Fsp3) is 0.211. The molecule has 2 aromatic carbocycles. The quantitative estimate of drug-likeness (QED) is 0.436. The maximum atomic E-state index is 10.9. The highest BCUT2D eigenvalue weighted by Gasteiger charge is 2.12. The van der Waals surface area contributed by atoms with Gasteiger partial charge in [-0.05, 0) is 19.1 Å². The van der Waals surface area contributed by atoms with E-state index in [9.17, 15) is 10.1 Å². The van der Waals surface area contributed by atoms with Gasteiger partial charge in [-0.3, -0.25) is 10.1 Å². The lowest BCUT2D eigenvalue weighted by atomic mass is 10.1. The highest BCUT2D eigenvalue weighted by atomic mass is 16.6. The van der Waals surface area contributed by atoms with Crippen LogP contribution in [0.4, 0.5) is 5.69 Å². The number of allylic oxidation sites excluding steroid dienone is 1. The van der Waals surface area contributed by atoms with Gasteiger partial charge in [0.15, 0.2) is 0 Å². The lowest BCUT2D eigenvalue weighted by Crippen LogP contribution is -2.23. The first-order valence-corrected chi connectivity index (χ1v) is 7.76. The van der Waals surface area contributed by atoms with E-state index in [0.29, 0.717) is 24.4 Å². The molecule has 0 atom stereocenters. The van der Waals surface area contributed by atoms with Gasteiger partial charge in [0.1, 0.15) is 12.4 Å². The molecule has 0 saturated carbocycles. The number of nitro benzene ring substituents is 1. The fourth-order valence-electron chi connectivity index (χ4n) is 2.31. The Balaban J connectivity index is 2.05. The van der Waals surface area contributed by atoms with E-state index >= 15 is 0 Å².